The lowest BCUT2D eigenvalue weighted by Crippen LogP contribution is -2.14. The zero-order valence-electron chi connectivity index (χ0n) is 13.0. The maximum Gasteiger partial charge on any atom is 0.263 e. The maximum absolute atomic E-state index is 12.4. The summed E-state index contributed by atoms with van der Waals surface area (Å²) in [4.78, 5) is 4.27. The van der Waals surface area contributed by atoms with Gasteiger partial charge in [0, 0.05) is 11.3 Å². The predicted molar refractivity (Wildman–Crippen MR) is 93.3 cm³/mol. The third-order valence-electron chi connectivity index (χ3n) is 3.51. The highest BCUT2D eigenvalue weighted by Gasteiger charge is 2.15. The van der Waals surface area contributed by atoms with Gasteiger partial charge in [0.15, 0.2) is 0 Å². The summed E-state index contributed by atoms with van der Waals surface area (Å²) in [6.07, 6.45) is 0. The van der Waals surface area contributed by atoms with Gasteiger partial charge in [-0.05, 0) is 42.8 Å². The quantitative estimate of drug-likeness (QED) is 0.761. The maximum atomic E-state index is 12.4. The lowest BCUT2D eigenvalue weighted by atomic mass is 10.1. The zero-order chi connectivity index (χ0) is 17.2. The molecule has 0 fully saturated rings. The normalized spacial score (nSPS) is 11.2. The molecule has 3 aromatic rings. The lowest BCUT2D eigenvalue weighted by molar-refractivity contribution is 0.477. The van der Waals surface area contributed by atoms with Crippen molar-refractivity contribution < 1.29 is 13.5 Å². The second-order valence-corrected chi connectivity index (χ2v) is 6.99. The van der Waals surface area contributed by atoms with Crippen molar-refractivity contribution in [2.75, 3.05) is 4.72 Å². The molecule has 3 rings (SSSR count). The number of phenols is 1. The van der Waals surface area contributed by atoms with Crippen molar-refractivity contribution in [1.82, 2.24) is 4.98 Å². The smallest absolute Gasteiger partial charge is 0.263 e. The molecule has 2 N–H and O–H groups in total. The highest BCUT2D eigenvalue weighted by atomic mass is 32.2. The lowest BCUT2D eigenvalue weighted by Gasteiger charge is -2.09. The predicted octanol–water partition coefficient (Wildman–Crippen LogP) is 3.56. The van der Waals surface area contributed by atoms with Crippen LogP contribution in [0.4, 0.5) is 5.82 Å². The topological polar surface area (TPSA) is 79.3 Å². The number of hydrogen-bond donors (Lipinski definition) is 2. The van der Waals surface area contributed by atoms with Gasteiger partial charge in [-0.3, -0.25) is 4.72 Å². The minimum absolute atomic E-state index is 0.130. The summed E-state index contributed by atoms with van der Waals surface area (Å²) in [6.45, 7) is 1.79. The summed E-state index contributed by atoms with van der Waals surface area (Å²) in [5, 5.41) is 9.88. The number of aromatic hydroxyl groups is 1. The van der Waals surface area contributed by atoms with Crippen molar-refractivity contribution in [3.8, 4) is 16.9 Å². The average Bonchev–Trinajstić information content (AvgIpc) is 2.55. The number of sulfonamides is 1. The Morgan fingerprint density at radius 2 is 1.62 bits per heavy atom. The van der Waals surface area contributed by atoms with Crippen LogP contribution in [0.1, 0.15) is 5.69 Å². The molecule has 24 heavy (non-hydrogen) atoms. The molecule has 0 saturated carbocycles. The van der Waals surface area contributed by atoms with Crippen molar-refractivity contribution in [2.24, 2.45) is 0 Å². The van der Waals surface area contributed by atoms with Gasteiger partial charge in [0.05, 0.1) is 4.90 Å². The molecule has 6 heteroatoms. The fourth-order valence-corrected chi connectivity index (χ4v) is 3.33. The van der Waals surface area contributed by atoms with Crippen LogP contribution in [0.15, 0.2) is 71.6 Å². The Balaban J connectivity index is 1.88. The summed E-state index contributed by atoms with van der Waals surface area (Å²) in [5.74, 6) is 0.426. The van der Waals surface area contributed by atoms with Gasteiger partial charge in [0.1, 0.15) is 11.6 Å². The van der Waals surface area contributed by atoms with E-state index in [0.29, 0.717) is 5.56 Å². The van der Waals surface area contributed by atoms with Crippen LogP contribution in [0.25, 0.3) is 11.1 Å². The molecule has 0 atom stereocenters. The third-order valence-corrected chi connectivity index (χ3v) is 4.88. The van der Waals surface area contributed by atoms with E-state index in [9.17, 15) is 13.5 Å². The number of pyridine rings is 1. The Kier molecular flexibility index (Phi) is 4.22. The van der Waals surface area contributed by atoms with Crippen molar-refractivity contribution in [3.05, 3.63) is 72.4 Å². The van der Waals surface area contributed by atoms with Gasteiger partial charge < -0.3 is 5.11 Å². The molecule has 0 aliphatic rings. The van der Waals surface area contributed by atoms with Crippen molar-refractivity contribution in [3.63, 3.8) is 0 Å². The minimum Gasteiger partial charge on any atom is -0.507 e. The monoisotopic (exact) mass is 340 g/mol. The molecular weight excluding hydrogens is 324 g/mol. The Bertz CT molecular complexity index is 968. The van der Waals surface area contributed by atoms with Crippen LogP contribution in [0, 0.1) is 6.92 Å². The first-order valence-electron chi connectivity index (χ1n) is 7.31. The highest BCUT2D eigenvalue weighted by molar-refractivity contribution is 7.92. The molecule has 0 aliphatic carbocycles. The molecule has 5 nitrogen and oxygen atoms in total. The molecule has 0 aliphatic heterocycles. The van der Waals surface area contributed by atoms with Crippen molar-refractivity contribution in [2.45, 2.75) is 11.8 Å². The minimum atomic E-state index is -3.71. The Morgan fingerprint density at radius 3 is 2.29 bits per heavy atom. The van der Waals surface area contributed by atoms with Gasteiger partial charge >= 0.3 is 0 Å². The van der Waals surface area contributed by atoms with E-state index in [-0.39, 0.29) is 16.5 Å². The number of benzene rings is 2. The summed E-state index contributed by atoms with van der Waals surface area (Å²) in [6, 6.07) is 18.3. The second-order valence-electron chi connectivity index (χ2n) is 5.31. The fourth-order valence-electron chi connectivity index (χ4n) is 2.33. The SMILES string of the molecule is Cc1cccc(NS(=O)(=O)c2ccc(-c3ccccc3O)cc2)n1. The fraction of sp³-hybridized carbons (Fsp3) is 0.0556. The zero-order valence-corrected chi connectivity index (χ0v) is 13.8. The average molecular weight is 340 g/mol. The molecule has 0 radical (unpaired) electrons. The molecule has 0 bridgehead atoms. The van der Waals surface area contributed by atoms with Gasteiger partial charge in [-0.15, -0.1) is 0 Å². The van der Waals surface area contributed by atoms with Gasteiger partial charge in [0.2, 0.25) is 0 Å². The largest absolute Gasteiger partial charge is 0.507 e. The molecule has 122 valence electrons. The summed E-state index contributed by atoms with van der Waals surface area (Å²) in [5.41, 5.74) is 2.11. The molecule has 1 aromatic heterocycles. The summed E-state index contributed by atoms with van der Waals surface area (Å²) >= 11 is 0. The van der Waals surface area contributed by atoms with E-state index in [2.05, 4.69) is 9.71 Å². The third kappa shape index (κ3) is 3.38. The Morgan fingerprint density at radius 1 is 0.917 bits per heavy atom. The molecule has 0 spiro atoms. The molecule has 0 saturated heterocycles. The van der Waals surface area contributed by atoms with E-state index < -0.39 is 10.0 Å². The second kappa shape index (κ2) is 6.33. The van der Waals surface area contributed by atoms with E-state index in [1.807, 2.05) is 6.07 Å². The highest BCUT2D eigenvalue weighted by Crippen LogP contribution is 2.29. The number of phenolic OH excluding ortho intramolecular Hbond substituents is 1. The first kappa shape index (κ1) is 16.0. The molecule has 0 unspecified atom stereocenters. The van der Waals surface area contributed by atoms with Crippen LogP contribution >= 0.6 is 0 Å². The van der Waals surface area contributed by atoms with E-state index in [1.165, 1.54) is 12.1 Å². The van der Waals surface area contributed by atoms with Crippen LogP contribution < -0.4 is 4.72 Å². The Hall–Kier alpha value is -2.86. The molecule has 0 amide bonds. The van der Waals surface area contributed by atoms with Crippen LogP contribution in [0.2, 0.25) is 0 Å². The number of para-hydroxylation sites is 1. The van der Waals surface area contributed by atoms with Gasteiger partial charge in [-0.1, -0.05) is 36.4 Å². The van der Waals surface area contributed by atoms with Gasteiger partial charge in [-0.2, -0.15) is 0 Å². The first-order chi connectivity index (χ1) is 11.5. The number of aryl methyl sites for hydroxylation is 1. The van der Waals surface area contributed by atoms with E-state index in [0.717, 1.165) is 11.3 Å². The van der Waals surface area contributed by atoms with Crippen LogP contribution in [-0.4, -0.2) is 18.5 Å². The number of nitrogens with one attached hydrogen (secondary N) is 1. The van der Waals surface area contributed by atoms with E-state index >= 15 is 0 Å². The number of anilines is 1. The van der Waals surface area contributed by atoms with Crippen LogP contribution in [-0.2, 0) is 10.0 Å². The van der Waals surface area contributed by atoms with Crippen LogP contribution in [0.5, 0.6) is 5.75 Å². The molecule has 2 aromatic carbocycles. The van der Waals surface area contributed by atoms with Gasteiger partial charge in [-0.25, -0.2) is 13.4 Å². The van der Waals surface area contributed by atoms with Gasteiger partial charge in [0.25, 0.3) is 10.0 Å². The summed E-state index contributed by atoms with van der Waals surface area (Å²) < 4.78 is 27.3. The molecular formula is C18H16N2O3S. The number of nitrogens with zero attached hydrogens (tertiary/aromatic N) is 1. The molecule has 1 heterocycles. The Labute approximate surface area is 140 Å². The number of hydrogen-bond acceptors (Lipinski definition) is 4. The summed E-state index contributed by atoms with van der Waals surface area (Å²) in [7, 11) is -3.71. The van der Waals surface area contributed by atoms with Crippen LogP contribution in [0.3, 0.4) is 0 Å². The van der Waals surface area contributed by atoms with E-state index in [4.69, 9.17) is 0 Å². The standard InChI is InChI=1S/C18H16N2O3S/c1-13-5-4-8-18(19-13)20-24(22,23)15-11-9-14(10-12-15)16-6-2-3-7-17(16)21/h2-12,21H,1H3,(H,19,20). The first-order valence-corrected chi connectivity index (χ1v) is 8.79. The number of aromatic nitrogens is 1. The number of rotatable bonds is 4. The van der Waals surface area contributed by atoms with E-state index in [1.54, 1.807) is 55.5 Å². The van der Waals surface area contributed by atoms with Crippen molar-refractivity contribution >= 4 is 15.8 Å². The van der Waals surface area contributed by atoms with Crippen molar-refractivity contribution in [1.29, 1.82) is 0 Å².